The van der Waals surface area contributed by atoms with Crippen LogP contribution in [0.4, 0.5) is 10.1 Å². The number of benzene rings is 2. The molecule has 0 heterocycles. The van der Waals surface area contributed by atoms with Gasteiger partial charge in [-0.25, -0.2) is 4.39 Å². The number of carbonyl (C=O) groups excluding carboxylic acids is 2. The molecule has 0 saturated heterocycles. The second-order valence-electron chi connectivity index (χ2n) is 5.00. The Morgan fingerprint density at radius 1 is 1.22 bits per heavy atom. The Morgan fingerprint density at radius 2 is 1.96 bits per heavy atom. The van der Waals surface area contributed by atoms with Crippen molar-refractivity contribution in [3.63, 3.8) is 0 Å². The molecule has 0 radical (unpaired) electrons. The highest BCUT2D eigenvalue weighted by molar-refractivity contribution is 6.31. The van der Waals surface area contributed by atoms with Crippen molar-refractivity contribution < 1.29 is 18.7 Å². The van der Waals surface area contributed by atoms with Crippen LogP contribution in [-0.4, -0.2) is 18.3 Å². The molecule has 2 aromatic rings. The summed E-state index contributed by atoms with van der Waals surface area (Å²) in [5.74, 6) is -1.13. The number of halogens is 2. The fourth-order valence-corrected chi connectivity index (χ4v) is 2.09. The number of ketones is 1. The van der Waals surface area contributed by atoms with Gasteiger partial charge in [0.15, 0.2) is 12.4 Å². The molecule has 1 N–H and O–H groups in total. The molecule has 120 valence electrons. The third-order valence-corrected chi connectivity index (χ3v) is 3.54. The lowest BCUT2D eigenvalue weighted by Crippen LogP contribution is -2.20. The molecule has 6 heteroatoms. The zero-order chi connectivity index (χ0) is 17.0. The van der Waals surface area contributed by atoms with Gasteiger partial charge < -0.3 is 10.1 Å². The SMILES string of the molecule is CC(=O)c1cc(F)ccc1OCC(=O)Nc1ccc(C)c(Cl)c1. The number of amides is 1. The Kier molecular flexibility index (Phi) is 5.34. The predicted molar refractivity (Wildman–Crippen MR) is 86.7 cm³/mol. The fourth-order valence-electron chi connectivity index (χ4n) is 1.91. The molecule has 0 aliphatic heterocycles. The van der Waals surface area contributed by atoms with E-state index in [0.717, 1.165) is 11.6 Å². The van der Waals surface area contributed by atoms with Gasteiger partial charge in [0.1, 0.15) is 11.6 Å². The molecule has 0 spiro atoms. The molecule has 0 aliphatic rings. The van der Waals surface area contributed by atoms with Crippen LogP contribution in [0, 0.1) is 12.7 Å². The van der Waals surface area contributed by atoms with Crippen LogP contribution in [-0.2, 0) is 4.79 Å². The lowest BCUT2D eigenvalue weighted by atomic mass is 10.1. The van der Waals surface area contributed by atoms with Gasteiger partial charge in [-0.1, -0.05) is 17.7 Å². The van der Waals surface area contributed by atoms with E-state index >= 15 is 0 Å². The normalized spacial score (nSPS) is 10.3. The van der Waals surface area contributed by atoms with Crippen molar-refractivity contribution in [3.8, 4) is 5.75 Å². The first kappa shape index (κ1) is 17.0. The quantitative estimate of drug-likeness (QED) is 0.840. The first-order valence-corrected chi connectivity index (χ1v) is 7.24. The van der Waals surface area contributed by atoms with Crippen molar-refractivity contribution in [1.29, 1.82) is 0 Å². The van der Waals surface area contributed by atoms with Crippen LogP contribution < -0.4 is 10.1 Å². The number of hydrogen-bond donors (Lipinski definition) is 1. The maximum Gasteiger partial charge on any atom is 0.262 e. The molecular formula is C17H15ClFNO3. The highest BCUT2D eigenvalue weighted by Crippen LogP contribution is 2.21. The summed E-state index contributed by atoms with van der Waals surface area (Å²) in [4.78, 5) is 23.4. The molecule has 0 fully saturated rings. The van der Waals surface area contributed by atoms with Gasteiger partial charge in [0.25, 0.3) is 5.91 Å². The van der Waals surface area contributed by atoms with E-state index in [4.69, 9.17) is 16.3 Å². The summed E-state index contributed by atoms with van der Waals surface area (Å²) < 4.78 is 18.5. The van der Waals surface area contributed by atoms with Crippen LogP contribution in [0.2, 0.25) is 5.02 Å². The van der Waals surface area contributed by atoms with Crippen molar-refractivity contribution >= 4 is 29.0 Å². The molecule has 0 atom stereocenters. The summed E-state index contributed by atoms with van der Waals surface area (Å²) in [6, 6.07) is 8.70. The molecule has 0 aliphatic carbocycles. The molecular weight excluding hydrogens is 321 g/mol. The molecule has 0 aromatic heterocycles. The lowest BCUT2D eigenvalue weighted by Gasteiger charge is -2.11. The van der Waals surface area contributed by atoms with Gasteiger partial charge in [-0.3, -0.25) is 9.59 Å². The van der Waals surface area contributed by atoms with Crippen LogP contribution in [0.15, 0.2) is 36.4 Å². The molecule has 23 heavy (non-hydrogen) atoms. The van der Waals surface area contributed by atoms with Crippen molar-refractivity contribution in [1.82, 2.24) is 0 Å². The summed E-state index contributed by atoms with van der Waals surface area (Å²) in [7, 11) is 0. The average Bonchev–Trinajstić information content (AvgIpc) is 2.49. The standard InChI is InChI=1S/C17H15ClFNO3/c1-10-3-5-13(8-15(10)18)20-17(22)9-23-16-6-4-12(19)7-14(16)11(2)21/h3-8H,9H2,1-2H3,(H,20,22). The predicted octanol–water partition coefficient (Wildman–Crippen LogP) is 4.01. The van der Waals surface area contributed by atoms with Crippen molar-refractivity contribution in [3.05, 3.63) is 58.4 Å². The maximum absolute atomic E-state index is 13.2. The molecule has 4 nitrogen and oxygen atoms in total. The van der Waals surface area contributed by atoms with Gasteiger partial charge >= 0.3 is 0 Å². The number of carbonyl (C=O) groups is 2. The summed E-state index contributed by atoms with van der Waals surface area (Å²) >= 11 is 5.99. The van der Waals surface area contributed by atoms with Crippen LogP contribution >= 0.6 is 11.6 Å². The molecule has 1 amide bonds. The van der Waals surface area contributed by atoms with E-state index in [-0.39, 0.29) is 23.7 Å². The number of Topliss-reactive ketones (excluding diaryl/α,β-unsaturated/α-hetero) is 1. The van der Waals surface area contributed by atoms with Crippen LogP contribution in [0.25, 0.3) is 0 Å². The number of rotatable bonds is 5. The Labute approximate surface area is 138 Å². The van der Waals surface area contributed by atoms with E-state index in [9.17, 15) is 14.0 Å². The summed E-state index contributed by atoms with van der Waals surface area (Å²) in [6.45, 7) is 2.85. The zero-order valence-electron chi connectivity index (χ0n) is 12.7. The highest BCUT2D eigenvalue weighted by atomic mass is 35.5. The highest BCUT2D eigenvalue weighted by Gasteiger charge is 2.12. The lowest BCUT2D eigenvalue weighted by molar-refractivity contribution is -0.118. The Bertz CT molecular complexity index is 761. The van der Waals surface area contributed by atoms with Crippen LogP contribution in [0.1, 0.15) is 22.8 Å². The molecule has 2 aromatic carbocycles. The van der Waals surface area contributed by atoms with Crippen molar-refractivity contribution in [2.24, 2.45) is 0 Å². The molecule has 2 rings (SSSR count). The third kappa shape index (κ3) is 4.53. The maximum atomic E-state index is 13.2. The van der Waals surface area contributed by atoms with E-state index in [0.29, 0.717) is 10.7 Å². The first-order chi connectivity index (χ1) is 10.9. The molecule has 0 bridgehead atoms. The smallest absolute Gasteiger partial charge is 0.262 e. The molecule has 0 unspecified atom stereocenters. The van der Waals surface area contributed by atoms with Crippen molar-refractivity contribution in [2.45, 2.75) is 13.8 Å². The minimum Gasteiger partial charge on any atom is -0.483 e. The number of ether oxygens (including phenoxy) is 1. The average molecular weight is 336 g/mol. The van der Waals surface area contributed by atoms with Gasteiger partial charge in [-0.2, -0.15) is 0 Å². The van der Waals surface area contributed by atoms with E-state index < -0.39 is 11.7 Å². The first-order valence-electron chi connectivity index (χ1n) is 6.86. The van der Waals surface area contributed by atoms with Gasteiger partial charge in [0, 0.05) is 10.7 Å². The number of anilines is 1. The summed E-state index contributed by atoms with van der Waals surface area (Å²) in [5.41, 5.74) is 1.54. The van der Waals surface area contributed by atoms with E-state index in [1.807, 2.05) is 6.92 Å². The van der Waals surface area contributed by atoms with E-state index in [1.165, 1.54) is 19.1 Å². The second-order valence-corrected chi connectivity index (χ2v) is 5.40. The minimum absolute atomic E-state index is 0.0937. The minimum atomic E-state index is -0.540. The Balaban J connectivity index is 2.02. The van der Waals surface area contributed by atoms with Crippen LogP contribution in [0.5, 0.6) is 5.75 Å². The fraction of sp³-hybridized carbons (Fsp3) is 0.176. The summed E-state index contributed by atoms with van der Waals surface area (Å²) in [6.07, 6.45) is 0. The van der Waals surface area contributed by atoms with Gasteiger partial charge in [-0.05, 0) is 49.7 Å². The molecule has 0 saturated carbocycles. The van der Waals surface area contributed by atoms with Crippen LogP contribution in [0.3, 0.4) is 0 Å². The second kappa shape index (κ2) is 7.24. The number of aryl methyl sites for hydroxylation is 1. The van der Waals surface area contributed by atoms with Gasteiger partial charge in [-0.15, -0.1) is 0 Å². The number of hydrogen-bond acceptors (Lipinski definition) is 3. The zero-order valence-corrected chi connectivity index (χ0v) is 13.4. The van der Waals surface area contributed by atoms with Gasteiger partial charge in [0.2, 0.25) is 0 Å². The third-order valence-electron chi connectivity index (χ3n) is 3.14. The van der Waals surface area contributed by atoms with E-state index in [2.05, 4.69) is 5.32 Å². The van der Waals surface area contributed by atoms with E-state index in [1.54, 1.807) is 18.2 Å². The largest absolute Gasteiger partial charge is 0.483 e. The Morgan fingerprint density at radius 3 is 2.61 bits per heavy atom. The Hall–Kier alpha value is -2.40. The monoisotopic (exact) mass is 335 g/mol. The number of nitrogens with one attached hydrogen (secondary N) is 1. The summed E-state index contributed by atoms with van der Waals surface area (Å²) in [5, 5.41) is 3.18. The van der Waals surface area contributed by atoms with Crippen molar-refractivity contribution in [2.75, 3.05) is 11.9 Å². The van der Waals surface area contributed by atoms with Gasteiger partial charge in [0.05, 0.1) is 5.56 Å². The topological polar surface area (TPSA) is 55.4 Å².